The molecule has 3 heteroatoms. The van der Waals surface area contributed by atoms with Gasteiger partial charge in [0.1, 0.15) is 5.82 Å². The minimum Gasteiger partial charge on any atom is -0.354 e. The molecule has 0 radical (unpaired) electrons. The van der Waals surface area contributed by atoms with E-state index in [1.807, 2.05) is 6.20 Å². The molecule has 1 N–H and O–H groups in total. The molecular formula is C9H13N3. The van der Waals surface area contributed by atoms with Crippen molar-refractivity contribution in [3.63, 3.8) is 0 Å². The number of rotatable bonds is 0. The number of H-pyrrole nitrogens is 1. The van der Waals surface area contributed by atoms with Crippen molar-refractivity contribution in [3.05, 3.63) is 11.8 Å². The number of aromatic nitrogens is 2. The molecule has 64 valence electrons. The van der Waals surface area contributed by atoms with E-state index in [2.05, 4.69) is 15.1 Å². The highest BCUT2D eigenvalue weighted by Crippen LogP contribution is 2.33. The summed E-state index contributed by atoms with van der Waals surface area (Å²) in [5, 5.41) is 7.20. The fourth-order valence-electron chi connectivity index (χ4n) is 2.49. The molecule has 0 spiro atoms. The first-order valence-corrected chi connectivity index (χ1v) is 4.74. The van der Waals surface area contributed by atoms with Crippen molar-refractivity contribution in [2.24, 2.45) is 0 Å². The van der Waals surface area contributed by atoms with Gasteiger partial charge in [-0.05, 0) is 25.7 Å². The number of anilines is 1. The molecule has 2 aliphatic rings. The summed E-state index contributed by atoms with van der Waals surface area (Å²) in [6, 6.07) is 0.804. The zero-order chi connectivity index (χ0) is 7.97. The number of hydrogen-bond acceptors (Lipinski definition) is 2. The van der Waals surface area contributed by atoms with Crippen molar-refractivity contribution in [1.29, 1.82) is 0 Å². The van der Waals surface area contributed by atoms with Crippen LogP contribution in [0.25, 0.3) is 0 Å². The first-order valence-electron chi connectivity index (χ1n) is 4.74. The van der Waals surface area contributed by atoms with Gasteiger partial charge in [0.05, 0.1) is 6.20 Å². The lowest BCUT2D eigenvalue weighted by atomic mass is 10.0. The topological polar surface area (TPSA) is 31.9 Å². The standard InChI is InChI=1S/C9H13N3/c1-2-8-4-3-7-6-10-11-9(7)12(8)5-1/h6,8H,1-5H2,(H,10,11). The molecule has 3 rings (SSSR count). The summed E-state index contributed by atoms with van der Waals surface area (Å²) in [5.41, 5.74) is 1.41. The molecule has 0 bridgehead atoms. The molecule has 3 heterocycles. The summed E-state index contributed by atoms with van der Waals surface area (Å²) in [4.78, 5) is 2.49. The van der Waals surface area contributed by atoms with Crippen LogP contribution in [0.15, 0.2) is 6.20 Å². The molecule has 1 saturated heterocycles. The third kappa shape index (κ3) is 0.737. The predicted octanol–water partition coefficient (Wildman–Crippen LogP) is 1.32. The summed E-state index contributed by atoms with van der Waals surface area (Å²) in [6.45, 7) is 1.22. The van der Waals surface area contributed by atoms with Crippen LogP contribution in [0.2, 0.25) is 0 Å². The first kappa shape index (κ1) is 6.52. The molecule has 1 aromatic heterocycles. The van der Waals surface area contributed by atoms with Crippen LogP contribution in [0.1, 0.15) is 24.8 Å². The van der Waals surface area contributed by atoms with Gasteiger partial charge in [-0.3, -0.25) is 5.10 Å². The number of hydrogen-bond donors (Lipinski definition) is 1. The van der Waals surface area contributed by atoms with Gasteiger partial charge >= 0.3 is 0 Å². The van der Waals surface area contributed by atoms with Crippen LogP contribution >= 0.6 is 0 Å². The van der Waals surface area contributed by atoms with Crippen molar-refractivity contribution in [3.8, 4) is 0 Å². The fraction of sp³-hybridized carbons (Fsp3) is 0.667. The highest BCUT2D eigenvalue weighted by molar-refractivity contribution is 5.50. The van der Waals surface area contributed by atoms with Crippen molar-refractivity contribution in [2.75, 3.05) is 11.4 Å². The Bertz CT molecular complexity index is 292. The number of aromatic amines is 1. The SMILES string of the molecule is c1n[nH]c2c1CCC1CCCN21. The Labute approximate surface area is 71.8 Å². The number of nitrogens with one attached hydrogen (secondary N) is 1. The molecule has 3 nitrogen and oxygen atoms in total. The van der Waals surface area contributed by atoms with Crippen LogP contribution in [0, 0.1) is 0 Å². The van der Waals surface area contributed by atoms with E-state index < -0.39 is 0 Å². The molecule has 12 heavy (non-hydrogen) atoms. The molecule has 0 saturated carbocycles. The number of aryl methyl sites for hydroxylation is 1. The van der Waals surface area contributed by atoms with E-state index in [-0.39, 0.29) is 0 Å². The summed E-state index contributed by atoms with van der Waals surface area (Å²) in [7, 11) is 0. The van der Waals surface area contributed by atoms with Crippen LogP contribution in [0.3, 0.4) is 0 Å². The van der Waals surface area contributed by atoms with Gasteiger partial charge in [-0.25, -0.2) is 0 Å². The summed E-state index contributed by atoms with van der Waals surface area (Å²) in [6.07, 6.45) is 7.24. The van der Waals surface area contributed by atoms with Gasteiger partial charge in [0.25, 0.3) is 0 Å². The number of fused-ring (bicyclic) bond motifs is 3. The van der Waals surface area contributed by atoms with E-state index in [1.54, 1.807) is 0 Å². The smallest absolute Gasteiger partial charge is 0.127 e. The first-order chi connectivity index (χ1) is 5.95. The van der Waals surface area contributed by atoms with Crippen molar-refractivity contribution in [2.45, 2.75) is 31.7 Å². The molecule has 1 unspecified atom stereocenters. The maximum Gasteiger partial charge on any atom is 0.127 e. The lowest BCUT2D eigenvalue weighted by Crippen LogP contribution is -2.33. The van der Waals surface area contributed by atoms with Gasteiger partial charge in [0.2, 0.25) is 0 Å². The molecule has 0 aromatic carbocycles. The second-order valence-electron chi connectivity index (χ2n) is 3.77. The van der Waals surface area contributed by atoms with Gasteiger partial charge in [0, 0.05) is 18.2 Å². The van der Waals surface area contributed by atoms with E-state index in [0.717, 1.165) is 6.04 Å². The third-order valence-electron chi connectivity index (χ3n) is 3.11. The lowest BCUT2D eigenvalue weighted by Gasteiger charge is -2.30. The number of nitrogens with zero attached hydrogens (tertiary/aromatic N) is 2. The van der Waals surface area contributed by atoms with E-state index in [1.165, 1.54) is 43.6 Å². The Balaban J connectivity index is 2.04. The molecule has 1 atom stereocenters. The largest absolute Gasteiger partial charge is 0.354 e. The lowest BCUT2D eigenvalue weighted by molar-refractivity contribution is 0.582. The van der Waals surface area contributed by atoms with Gasteiger partial charge in [-0.1, -0.05) is 0 Å². The van der Waals surface area contributed by atoms with Crippen LogP contribution in [0.5, 0.6) is 0 Å². The monoisotopic (exact) mass is 163 g/mol. The van der Waals surface area contributed by atoms with Gasteiger partial charge in [0.15, 0.2) is 0 Å². The second-order valence-corrected chi connectivity index (χ2v) is 3.77. The molecule has 0 aliphatic carbocycles. The molecular weight excluding hydrogens is 150 g/mol. The third-order valence-corrected chi connectivity index (χ3v) is 3.11. The zero-order valence-corrected chi connectivity index (χ0v) is 7.08. The Morgan fingerprint density at radius 1 is 1.50 bits per heavy atom. The van der Waals surface area contributed by atoms with Crippen molar-refractivity contribution in [1.82, 2.24) is 10.2 Å². The average molecular weight is 163 g/mol. The summed E-state index contributed by atoms with van der Waals surface area (Å²) in [5.74, 6) is 1.30. The highest BCUT2D eigenvalue weighted by Gasteiger charge is 2.30. The van der Waals surface area contributed by atoms with Crippen LogP contribution in [-0.4, -0.2) is 22.8 Å². The van der Waals surface area contributed by atoms with E-state index >= 15 is 0 Å². The second kappa shape index (κ2) is 2.25. The minimum atomic E-state index is 0.804. The average Bonchev–Trinajstić information content (AvgIpc) is 2.71. The maximum atomic E-state index is 4.10. The molecule has 2 aliphatic heterocycles. The summed E-state index contributed by atoms with van der Waals surface area (Å²) < 4.78 is 0. The van der Waals surface area contributed by atoms with Crippen LogP contribution in [-0.2, 0) is 6.42 Å². The molecule has 0 amide bonds. The van der Waals surface area contributed by atoms with E-state index in [0.29, 0.717) is 0 Å². The Hall–Kier alpha value is -0.990. The Morgan fingerprint density at radius 3 is 3.50 bits per heavy atom. The molecule has 1 fully saturated rings. The van der Waals surface area contributed by atoms with E-state index in [9.17, 15) is 0 Å². The highest BCUT2D eigenvalue weighted by atomic mass is 15.3. The van der Waals surface area contributed by atoms with Crippen LogP contribution in [0.4, 0.5) is 5.82 Å². The fourth-order valence-corrected chi connectivity index (χ4v) is 2.49. The summed E-state index contributed by atoms with van der Waals surface area (Å²) >= 11 is 0. The normalized spacial score (nSPS) is 27.0. The minimum absolute atomic E-state index is 0.804. The maximum absolute atomic E-state index is 4.10. The molecule has 1 aromatic rings. The van der Waals surface area contributed by atoms with E-state index in [4.69, 9.17) is 0 Å². The van der Waals surface area contributed by atoms with Crippen molar-refractivity contribution >= 4 is 5.82 Å². The Kier molecular flexibility index (Phi) is 1.22. The van der Waals surface area contributed by atoms with Crippen molar-refractivity contribution < 1.29 is 0 Å². The van der Waals surface area contributed by atoms with Crippen LogP contribution < -0.4 is 4.90 Å². The predicted molar refractivity (Wildman–Crippen MR) is 47.3 cm³/mol. The Morgan fingerprint density at radius 2 is 2.50 bits per heavy atom. The zero-order valence-electron chi connectivity index (χ0n) is 7.08. The van der Waals surface area contributed by atoms with Gasteiger partial charge < -0.3 is 4.90 Å². The quantitative estimate of drug-likeness (QED) is 0.625. The van der Waals surface area contributed by atoms with Gasteiger partial charge in [-0.15, -0.1) is 0 Å². The van der Waals surface area contributed by atoms with Gasteiger partial charge in [-0.2, -0.15) is 5.10 Å².